The SMILES string of the molecule is COc1ccc(/C=C/C(=O)NCCc2nnc(S(C)(=O)=O)o2)cc1. The molecule has 128 valence electrons. The van der Waals surface area contributed by atoms with Gasteiger partial charge in [-0.25, -0.2) is 8.42 Å². The van der Waals surface area contributed by atoms with Crippen molar-refractivity contribution in [2.75, 3.05) is 19.9 Å². The number of carbonyl (C=O) groups excluding carboxylic acids is 1. The number of benzene rings is 1. The van der Waals surface area contributed by atoms with Gasteiger partial charge in [-0.1, -0.05) is 17.2 Å². The van der Waals surface area contributed by atoms with Crippen LogP contribution in [0.1, 0.15) is 11.5 Å². The largest absolute Gasteiger partial charge is 0.497 e. The van der Waals surface area contributed by atoms with Crippen molar-refractivity contribution in [1.29, 1.82) is 0 Å². The molecule has 1 amide bonds. The van der Waals surface area contributed by atoms with Crippen LogP contribution in [0, 0.1) is 0 Å². The molecule has 0 aliphatic carbocycles. The van der Waals surface area contributed by atoms with Crippen LogP contribution in [0.25, 0.3) is 6.08 Å². The van der Waals surface area contributed by atoms with Gasteiger partial charge < -0.3 is 14.5 Å². The van der Waals surface area contributed by atoms with Crippen molar-refractivity contribution in [3.63, 3.8) is 0 Å². The van der Waals surface area contributed by atoms with Gasteiger partial charge in [-0.2, -0.15) is 0 Å². The van der Waals surface area contributed by atoms with E-state index in [-0.39, 0.29) is 24.8 Å². The summed E-state index contributed by atoms with van der Waals surface area (Å²) in [6, 6.07) is 7.25. The van der Waals surface area contributed by atoms with Crippen molar-refractivity contribution < 1.29 is 22.4 Å². The second kappa shape index (κ2) is 7.73. The molecule has 2 rings (SSSR count). The van der Waals surface area contributed by atoms with E-state index in [2.05, 4.69) is 15.5 Å². The highest BCUT2D eigenvalue weighted by Gasteiger charge is 2.16. The predicted molar refractivity (Wildman–Crippen MR) is 86.1 cm³/mol. The number of sulfone groups is 1. The van der Waals surface area contributed by atoms with E-state index in [1.807, 2.05) is 12.1 Å². The minimum atomic E-state index is -3.52. The first-order chi connectivity index (χ1) is 11.4. The lowest BCUT2D eigenvalue weighted by molar-refractivity contribution is -0.116. The molecule has 9 heteroatoms. The second-order valence-corrected chi connectivity index (χ2v) is 6.77. The summed E-state index contributed by atoms with van der Waals surface area (Å²) in [7, 11) is -1.93. The molecule has 0 radical (unpaired) electrons. The summed E-state index contributed by atoms with van der Waals surface area (Å²) in [6.45, 7) is 0.247. The summed E-state index contributed by atoms with van der Waals surface area (Å²) >= 11 is 0. The van der Waals surface area contributed by atoms with Gasteiger partial charge >= 0.3 is 5.22 Å². The van der Waals surface area contributed by atoms with Crippen LogP contribution in [-0.2, 0) is 21.1 Å². The fraction of sp³-hybridized carbons (Fsp3) is 0.267. The van der Waals surface area contributed by atoms with Gasteiger partial charge in [0.05, 0.1) is 7.11 Å². The summed E-state index contributed by atoms with van der Waals surface area (Å²) in [5.74, 6) is 0.605. The highest BCUT2D eigenvalue weighted by molar-refractivity contribution is 7.90. The van der Waals surface area contributed by atoms with Crippen LogP contribution in [-0.4, -0.2) is 44.4 Å². The van der Waals surface area contributed by atoms with Crippen molar-refractivity contribution in [2.45, 2.75) is 11.6 Å². The predicted octanol–water partition coefficient (Wildman–Crippen LogP) is 0.854. The summed E-state index contributed by atoms with van der Waals surface area (Å²) in [5, 5.41) is 9.26. The Morgan fingerprint density at radius 1 is 1.29 bits per heavy atom. The molecular formula is C15H17N3O5S. The van der Waals surface area contributed by atoms with Crippen LogP contribution in [0.15, 0.2) is 40.0 Å². The van der Waals surface area contributed by atoms with E-state index in [0.29, 0.717) is 0 Å². The Bertz CT molecular complexity index is 825. The maximum Gasteiger partial charge on any atom is 0.335 e. The fourth-order valence-electron chi connectivity index (χ4n) is 1.73. The van der Waals surface area contributed by atoms with Gasteiger partial charge in [0.1, 0.15) is 5.75 Å². The number of nitrogens with zero attached hydrogens (tertiary/aromatic N) is 2. The third kappa shape index (κ3) is 5.20. The minimum Gasteiger partial charge on any atom is -0.497 e. The van der Waals surface area contributed by atoms with E-state index in [1.54, 1.807) is 25.3 Å². The topological polar surface area (TPSA) is 111 Å². The van der Waals surface area contributed by atoms with Gasteiger partial charge in [-0.05, 0) is 23.8 Å². The number of nitrogens with one attached hydrogen (secondary N) is 1. The second-order valence-electron chi connectivity index (χ2n) is 4.88. The first-order valence-electron chi connectivity index (χ1n) is 7.01. The zero-order valence-corrected chi connectivity index (χ0v) is 14.0. The van der Waals surface area contributed by atoms with E-state index in [1.165, 1.54) is 6.08 Å². The van der Waals surface area contributed by atoms with Crippen molar-refractivity contribution in [3.05, 3.63) is 41.8 Å². The Morgan fingerprint density at radius 2 is 2.00 bits per heavy atom. The lowest BCUT2D eigenvalue weighted by Gasteiger charge is -2.00. The Labute approximate surface area is 139 Å². The molecule has 2 aromatic rings. The van der Waals surface area contributed by atoms with Crippen LogP contribution >= 0.6 is 0 Å². The molecule has 0 spiro atoms. The molecule has 0 bridgehead atoms. The number of ether oxygens (including phenoxy) is 1. The van der Waals surface area contributed by atoms with Crippen LogP contribution in [0.2, 0.25) is 0 Å². The Kier molecular flexibility index (Phi) is 5.69. The molecule has 0 saturated heterocycles. The maximum absolute atomic E-state index is 11.7. The average molecular weight is 351 g/mol. The molecule has 0 aliphatic rings. The molecule has 8 nitrogen and oxygen atoms in total. The Balaban J connectivity index is 1.80. The number of aromatic nitrogens is 2. The number of hydrogen-bond donors (Lipinski definition) is 1. The molecule has 1 N–H and O–H groups in total. The third-order valence-electron chi connectivity index (χ3n) is 2.95. The van der Waals surface area contributed by atoms with Gasteiger partial charge in [0.25, 0.3) is 0 Å². The Hall–Kier alpha value is -2.68. The minimum absolute atomic E-state index is 0.148. The van der Waals surface area contributed by atoms with Crippen LogP contribution in [0.3, 0.4) is 0 Å². The van der Waals surface area contributed by atoms with Crippen molar-refractivity contribution in [1.82, 2.24) is 15.5 Å². The number of hydrogen-bond acceptors (Lipinski definition) is 7. The van der Waals surface area contributed by atoms with Crippen molar-refractivity contribution in [2.24, 2.45) is 0 Å². The summed E-state index contributed by atoms with van der Waals surface area (Å²) in [6.07, 6.45) is 4.29. The van der Waals surface area contributed by atoms with Crippen LogP contribution in [0.4, 0.5) is 0 Å². The molecule has 1 aromatic carbocycles. The zero-order valence-electron chi connectivity index (χ0n) is 13.2. The highest BCUT2D eigenvalue weighted by Crippen LogP contribution is 2.12. The summed E-state index contributed by atoms with van der Waals surface area (Å²) < 4.78 is 32.5. The highest BCUT2D eigenvalue weighted by atomic mass is 32.2. The number of amides is 1. The lowest BCUT2D eigenvalue weighted by Crippen LogP contribution is -2.23. The zero-order chi connectivity index (χ0) is 17.6. The van der Waals surface area contributed by atoms with Gasteiger partial charge in [0.15, 0.2) is 0 Å². The van der Waals surface area contributed by atoms with Gasteiger partial charge in [-0.15, -0.1) is 5.10 Å². The summed E-state index contributed by atoms with van der Waals surface area (Å²) in [4.78, 5) is 11.7. The smallest absolute Gasteiger partial charge is 0.335 e. The molecule has 1 aromatic heterocycles. The molecule has 1 heterocycles. The van der Waals surface area contributed by atoms with E-state index >= 15 is 0 Å². The van der Waals surface area contributed by atoms with E-state index in [9.17, 15) is 13.2 Å². The monoisotopic (exact) mass is 351 g/mol. The third-order valence-corrected chi connectivity index (χ3v) is 3.75. The average Bonchev–Trinajstić information content (AvgIpc) is 3.02. The number of carbonyl (C=O) groups is 1. The molecule has 0 saturated carbocycles. The lowest BCUT2D eigenvalue weighted by atomic mass is 10.2. The Morgan fingerprint density at radius 3 is 2.58 bits per heavy atom. The van der Waals surface area contributed by atoms with E-state index in [4.69, 9.17) is 9.15 Å². The van der Waals surface area contributed by atoms with Crippen molar-refractivity contribution in [3.8, 4) is 5.75 Å². The first-order valence-corrected chi connectivity index (χ1v) is 8.90. The van der Waals surface area contributed by atoms with Crippen LogP contribution in [0.5, 0.6) is 5.75 Å². The standard InChI is InChI=1S/C15H17N3O5S/c1-22-12-6-3-11(4-7-12)5-8-13(19)16-10-9-14-17-18-15(23-14)24(2,20)21/h3-8H,9-10H2,1-2H3,(H,16,19)/b8-5+. The van der Waals surface area contributed by atoms with E-state index < -0.39 is 15.1 Å². The quantitative estimate of drug-likeness (QED) is 0.736. The van der Waals surface area contributed by atoms with Crippen LogP contribution < -0.4 is 10.1 Å². The molecule has 24 heavy (non-hydrogen) atoms. The molecule has 0 atom stereocenters. The van der Waals surface area contributed by atoms with Crippen molar-refractivity contribution >= 4 is 21.8 Å². The van der Waals surface area contributed by atoms with E-state index in [0.717, 1.165) is 17.6 Å². The van der Waals surface area contributed by atoms with Gasteiger partial charge in [0.2, 0.25) is 21.6 Å². The van der Waals surface area contributed by atoms with Gasteiger partial charge in [0, 0.05) is 25.3 Å². The molecule has 0 fully saturated rings. The van der Waals surface area contributed by atoms with Gasteiger partial charge in [-0.3, -0.25) is 4.79 Å². The first kappa shape index (κ1) is 17.7. The molecule has 0 unspecified atom stereocenters. The molecule has 0 aliphatic heterocycles. The maximum atomic E-state index is 11.7. The number of rotatable bonds is 7. The summed E-state index contributed by atoms with van der Waals surface area (Å²) in [5.41, 5.74) is 0.862. The molecular weight excluding hydrogens is 334 g/mol. The fourth-order valence-corrected chi connectivity index (χ4v) is 2.16. The number of methoxy groups -OCH3 is 1. The normalized spacial score (nSPS) is 11.6.